The molecular formula is C14H21BrFNO. The number of hydrogen-bond acceptors (Lipinski definition) is 2. The van der Waals surface area contributed by atoms with Crippen LogP contribution in [0.2, 0.25) is 0 Å². The van der Waals surface area contributed by atoms with Gasteiger partial charge in [-0.3, -0.25) is 0 Å². The molecule has 0 fully saturated rings. The van der Waals surface area contributed by atoms with Gasteiger partial charge in [-0.05, 0) is 45.5 Å². The lowest BCUT2D eigenvalue weighted by Gasteiger charge is -2.22. The maximum atomic E-state index is 13.0. The third kappa shape index (κ3) is 5.94. The van der Waals surface area contributed by atoms with Crippen LogP contribution in [0.3, 0.4) is 0 Å². The summed E-state index contributed by atoms with van der Waals surface area (Å²) in [4.78, 5) is 0. The van der Waals surface area contributed by atoms with E-state index in [0.29, 0.717) is 17.6 Å². The average Bonchev–Trinajstić information content (AvgIpc) is 2.20. The summed E-state index contributed by atoms with van der Waals surface area (Å²) < 4.78 is 13.5. The molecule has 1 aromatic carbocycles. The summed E-state index contributed by atoms with van der Waals surface area (Å²) in [5.41, 5.74) is 1.12. The van der Waals surface area contributed by atoms with Crippen LogP contribution in [0.5, 0.6) is 0 Å². The van der Waals surface area contributed by atoms with Gasteiger partial charge in [-0.25, -0.2) is 4.39 Å². The second-order valence-corrected chi connectivity index (χ2v) is 6.65. The Labute approximate surface area is 117 Å². The van der Waals surface area contributed by atoms with E-state index < -0.39 is 0 Å². The van der Waals surface area contributed by atoms with Gasteiger partial charge in [0.25, 0.3) is 0 Å². The molecule has 0 saturated carbocycles. The van der Waals surface area contributed by atoms with Gasteiger partial charge in [0.2, 0.25) is 0 Å². The minimum atomic E-state index is -0.353. The van der Waals surface area contributed by atoms with E-state index in [1.165, 1.54) is 6.07 Å². The molecule has 1 unspecified atom stereocenters. The Balaban J connectivity index is 2.35. The van der Waals surface area contributed by atoms with Crippen molar-refractivity contribution in [3.05, 3.63) is 34.1 Å². The van der Waals surface area contributed by atoms with E-state index in [-0.39, 0.29) is 17.3 Å². The Morgan fingerprint density at radius 1 is 1.39 bits per heavy atom. The summed E-state index contributed by atoms with van der Waals surface area (Å²) in [6.45, 7) is 7.49. The highest BCUT2D eigenvalue weighted by Gasteiger charge is 2.16. The molecule has 1 rings (SSSR count). The molecule has 18 heavy (non-hydrogen) atoms. The number of aliphatic hydroxyl groups excluding tert-OH is 1. The van der Waals surface area contributed by atoms with Gasteiger partial charge in [0.1, 0.15) is 5.82 Å². The summed E-state index contributed by atoms with van der Waals surface area (Å²) >= 11 is 3.15. The molecule has 0 aromatic heterocycles. The lowest BCUT2D eigenvalue weighted by atomic mass is 9.89. The molecule has 0 heterocycles. The second-order valence-electron chi connectivity index (χ2n) is 5.80. The van der Waals surface area contributed by atoms with E-state index in [4.69, 9.17) is 0 Å². The first-order valence-electron chi connectivity index (χ1n) is 6.10. The SMILES string of the molecule is CC(C)(C)CC(O)CNCc1ccc(F)c(Br)c1. The Bertz CT molecular complexity index is 390. The Hall–Kier alpha value is -0.450. The summed E-state index contributed by atoms with van der Waals surface area (Å²) in [6.07, 6.45) is 0.404. The largest absolute Gasteiger partial charge is 0.392 e. The third-order valence-corrected chi connectivity index (χ3v) is 3.15. The molecule has 2 N–H and O–H groups in total. The van der Waals surface area contributed by atoms with Crippen LogP contribution in [0.4, 0.5) is 4.39 Å². The first-order chi connectivity index (χ1) is 8.28. The molecule has 1 aromatic rings. The molecule has 2 nitrogen and oxygen atoms in total. The molecule has 0 bridgehead atoms. The second kappa shape index (κ2) is 6.64. The highest BCUT2D eigenvalue weighted by atomic mass is 79.9. The molecule has 0 saturated heterocycles. The summed E-state index contributed by atoms with van der Waals surface area (Å²) in [5.74, 6) is -0.258. The number of aliphatic hydroxyl groups is 1. The maximum Gasteiger partial charge on any atom is 0.137 e. The van der Waals surface area contributed by atoms with Crippen LogP contribution in [-0.4, -0.2) is 17.8 Å². The predicted molar refractivity (Wildman–Crippen MR) is 75.9 cm³/mol. The van der Waals surface area contributed by atoms with Crippen LogP contribution in [-0.2, 0) is 6.54 Å². The molecule has 1 atom stereocenters. The zero-order valence-electron chi connectivity index (χ0n) is 11.1. The standard InChI is InChI=1S/C14H21BrFNO/c1-14(2,3)7-11(18)9-17-8-10-4-5-13(16)12(15)6-10/h4-6,11,17-18H,7-9H2,1-3H3. The number of nitrogens with one attached hydrogen (secondary N) is 1. The van der Waals surface area contributed by atoms with Gasteiger partial charge in [-0.1, -0.05) is 26.8 Å². The van der Waals surface area contributed by atoms with E-state index in [1.807, 2.05) is 0 Å². The zero-order chi connectivity index (χ0) is 13.8. The molecule has 0 spiro atoms. The molecule has 102 valence electrons. The lowest BCUT2D eigenvalue weighted by Crippen LogP contribution is -2.29. The predicted octanol–water partition coefficient (Wildman–Crippen LogP) is 3.47. The van der Waals surface area contributed by atoms with Crippen LogP contribution >= 0.6 is 15.9 Å². The van der Waals surface area contributed by atoms with E-state index in [1.54, 1.807) is 12.1 Å². The van der Waals surface area contributed by atoms with Gasteiger partial charge in [0.05, 0.1) is 10.6 Å². The number of hydrogen-bond donors (Lipinski definition) is 2. The monoisotopic (exact) mass is 317 g/mol. The Morgan fingerprint density at radius 3 is 2.61 bits per heavy atom. The van der Waals surface area contributed by atoms with Crippen molar-refractivity contribution in [2.24, 2.45) is 5.41 Å². The van der Waals surface area contributed by atoms with E-state index >= 15 is 0 Å². The minimum Gasteiger partial charge on any atom is -0.392 e. The summed E-state index contributed by atoms with van der Waals surface area (Å²) in [7, 11) is 0. The van der Waals surface area contributed by atoms with Crippen molar-refractivity contribution in [3.63, 3.8) is 0 Å². The van der Waals surface area contributed by atoms with Crippen molar-refractivity contribution < 1.29 is 9.50 Å². The minimum absolute atomic E-state index is 0.125. The molecule has 4 heteroatoms. The van der Waals surface area contributed by atoms with E-state index in [2.05, 4.69) is 42.0 Å². The first kappa shape index (κ1) is 15.6. The highest BCUT2D eigenvalue weighted by molar-refractivity contribution is 9.10. The Morgan fingerprint density at radius 2 is 2.06 bits per heavy atom. The molecular weight excluding hydrogens is 297 g/mol. The van der Waals surface area contributed by atoms with Crippen LogP contribution in [0, 0.1) is 11.2 Å². The Kier molecular flexibility index (Phi) is 5.76. The fourth-order valence-electron chi connectivity index (χ4n) is 1.81. The van der Waals surface area contributed by atoms with Crippen molar-refractivity contribution >= 4 is 15.9 Å². The van der Waals surface area contributed by atoms with Crippen LogP contribution in [0.15, 0.2) is 22.7 Å². The average molecular weight is 318 g/mol. The number of halogens is 2. The van der Waals surface area contributed by atoms with Gasteiger partial charge < -0.3 is 10.4 Å². The maximum absolute atomic E-state index is 13.0. The molecule has 0 aliphatic carbocycles. The zero-order valence-corrected chi connectivity index (χ0v) is 12.7. The van der Waals surface area contributed by atoms with E-state index in [9.17, 15) is 9.50 Å². The summed E-state index contributed by atoms with van der Waals surface area (Å²) in [5, 5.41) is 13.0. The van der Waals surface area contributed by atoms with Gasteiger partial charge >= 0.3 is 0 Å². The molecule has 0 aliphatic rings. The fourth-order valence-corrected chi connectivity index (χ4v) is 2.24. The van der Waals surface area contributed by atoms with Crippen molar-refractivity contribution in [1.29, 1.82) is 0 Å². The van der Waals surface area contributed by atoms with Crippen molar-refractivity contribution in [2.75, 3.05) is 6.54 Å². The summed E-state index contributed by atoms with van der Waals surface area (Å²) in [6, 6.07) is 4.92. The van der Waals surface area contributed by atoms with Crippen molar-refractivity contribution in [2.45, 2.75) is 39.8 Å². The molecule has 0 radical (unpaired) electrons. The van der Waals surface area contributed by atoms with Gasteiger partial charge in [0.15, 0.2) is 0 Å². The number of benzene rings is 1. The van der Waals surface area contributed by atoms with Crippen molar-refractivity contribution in [1.82, 2.24) is 5.32 Å². The highest BCUT2D eigenvalue weighted by Crippen LogP contribution is 2.20. The number of rotatable bonds is 5. The lowest BCUT2D eigenvalue weighted by molar-refractivity contribution is 0.119. The molecule has 0 aliphatic heterocycles. The third-order valence-electron chi connectivity index (χ3n) is 2.54. The smallest absolute Gasteiger partial charge is 0.137 e. The van der Waals surface area contributed by atoms with Gasteiger partial charge in [-0.15, -0.1) is 0 Å². The van der Waals surface area contributed by atoms with Crippen molar-refractivity contribution in [3.8, 4) is 0 Å². The van der Waals surface area contributed by atoms with Crippen LogP contribution in [0.25, 0.3) is 0 Å². The van der Waals surface area contributed by atoms with Crippen LogP contribution < -0.4 is 5.32 Å². The fraction of sp³-hybridized carbons (Fsp3) is 0.571. The van der Waals surface area contributed by atoms with E-state index in [0.717, 1.165) is 12.0 Å². The quantitative estimate of drug-likeness (QED) is 0.871. The topological polar surface area (TPSA) is 32.3 Å². The molecule has 0 amide bonds. The first-order valence-corrected chi connectivity index (χ1v) is 6.90. The normalized spacial score (nSPS) is 13.7. The van der Waals surface area contributed by atoms with Gasteiger partial charge in [-0.2, -0.15) is 0 Å². The van der Waals surface area contributed by atoms with Crippen LogP contribution in [0.1, 0.15) is 32.8 Å². The van der Waals surface area contributed by atoms with Gasteiger partial charge in [0, 0.05) is 13.1 Å².